The van der Waals surface area contributed by atoms with Gasteiger partial charge in [0.2, 0.25) is 47.1 Å². The first-order valence-electron chi connectivity index (χ1n) is 34.7. The number of ether oxygens (including phenoxy) is 1. The Hall–Kier alpha value is -16.4. The lowest BCUT2D eigenvalue weighted by Crippen LogP contribution is -2.11. The topological polar surface area (TPSA) is 470 Å². The summed E-state index contributed by atoms with van der Waals surface area (Å²) in [5.41, 5.74) is 29.7. The molecule has 33 nitrogen and oxygen atoms in total. The van der Waals surface area contributed by atoms with Crippen molar-refractivity contribution in [2.45, 2.75) is 47.4 Å². The highest BCUT2D eigenvalue weighted by atomic mass is 35.5. The van der Waals surface area contributed by atoms with Crippen LogP contribution in [0, 0.1) is 101 Å². The second-order valence-corrected chi connectivity index (χ2v) is 26.0. The molecular weight excluding hydrogens is 1600 g/mol. The Labute approximate surface area is 673 Å². The van der Waals surface area contributed by atoms with Crippen molar-refractivity contribution in [3.63, 3.8) is 0 Å². The van der Waals surface area contributed by atoms with Crippen LogP contribution in [0.25, 0.3) is 67.9 Å². The van der Waals surface area contributed by atoms with Gasteiger partial charge in [-0.2, -0.15) is 89.9 Å². The molecule has 120 heavy (non-hydrogen) atoms. The van der Waals surface area contributed by atoms with Gasteiger partial charge in [0.15, 0.2) is 46.5 Å². The van der Waals surface area contributed by atoms with Crippen LogP contribution in [0.4, 0.5) is 120 Å². The molecule has 0 aliphatic carbocycles. The zero-order valence-corrected chi connectivity index (χ0v) is 63.1. The van der Waals surface area contributed by atoms with Gasteiger partial charge >= 0.3 is 12.8 Å². The van der Waals surface area contributed by atoms with E-state index in [4.69, 9.17) is 45.1 Å². The molecule has 0 spiro atoms. The molecule has 8 aromatic carbocycles. The van der Waals surface area contributed by atoms with Gasteiger partial charge < -0.3 is 48.9 Å². The van der Waals surface area contributed by atoms with Gasteiger partial charge in [-0.05, 0) is 168 Å². The van der Waals surface area contributed by atoms with E-state index in [2.05, 4.69) is 91.9 Å². The lowest BCUT2D eigenvalue weighted by atomic mass is 10.2. The van der Waals surface area contributed by atoms with Crippen molar-refractivity contribution in [2.75, 3.05) is 44.2 Å². The van der Waals surface area contributed by atoms with E-state index in [0.717, 1.165) is 29.8 Å². The molecule has 16 rings (SSSR count). The molecule has 0 amide bonds. The molecule has 0 aliphatic heterocycles. The quantitative estimate of drug-likeness (QED) is 0.0253. The number of anilines is 12. The predicted molar refractivity (Wildman–Crippen MR) is 426 cm³/mol. The SMILES string of the molecule is Cc1ccc(Nc2nc(-n3c(C)nc4ccc([N+](=O)[O-])cc43)nc(N)c2F)cc1.Cc1nc2cc(C#N)ccc2n1-c1nc(N)c(F)c(Nc2ccc(C(F)(F)F)cc2)n1.Cc1nc2cc(C#N)ccc2n1-c1nc(N)c(F)c(Nc2ccc(Cl)cc2)n1.Cc1nc2ccc([N+](=O)[O-])cc2n1-c1nc(N)c(F)c(Nc2ccc(OC(F)F)cc2)n1. The lowest BCUT2D eigenvalue weighted by molar-refractivity contribution is -0.384. The van der Waals surface area contributed by atoms with E-state index in [1.165, 1.54) is 74.4 Å². The molecule has 0 bridgehead atoms. The average molecular weight is 1660 g/mol. The summed E-state index contributed by atoms with van der Waals surface area (Å²) in [6, 6.07) is 45.8. The van der Waals surface area contributed by atoms with Crippen molar-refractivity contribution in [1.82, 2.24) is 78.1 Å². The summed E-state index contributed by atoms with van der Waals surface area (Å²) in [6.45, 7) is 5.74. The summed E-state index contributed by atoms with van der Waals surface area (Å²) < 4.78 is 131. The number of nitriles is 2. The molecule has 0 atom stereocenters. The van der Waals surface area contributed by atoms with Gasteiger partial charge in [0.05, 0.1) is 82.8 Å². The largest absolute Gasteiger partial charge is 0.435 e. The number of fused-ring (bicyclic) bond motifs is 4. The number of aryl methyl sites for hydroxylation is 5. The fourth-order valence-corrected chi connectivity index (χ4v) is 12.0. The standard InChI is InChI=1S/C20H13F4N7.C19H13ClFN7.C19H14F3N7O3.C19H16FN7O2/c1-10-27-14-8-11(9-25)2-7-15(14)31(10)19-29-17(26)16(21)18(30-19)28-13-5-3-12(4-6-13)20(22,23)24;1-10-24-14-8-11(9-22)2-7-15(14)28(10)19-26-17(23)16(21)18(27-19)25-13-5-3-12(20)4-6-13;1-9-24-13-7-4-11(29(30)31)8-14(13)28(9)19-26-16(23)15(20)17(27-19)25-10-2-5-12(6-3-10)32-18(21)22;1-10-3-5-12(6-4-10)23-18-16(20)17(21)24-19(25-18)26-11(2)22-14-8-7-13(27(28)29)9-15(14)26/h2-8H,1H3,(H3,26,28,29,30);2-8H,1H3,(H3,23,25,26,27);2-8,18H,1H3,(H3,23,25,26,27);3-9H,1-2H3,(H3,21,23,24,25). The molecule has 604 valence electrons. The Bertz CT molecular complexity index is 6780. The summed E-state index contributed by atoms with van der Waals surface area (Å²) in [5.74, 6) is -3.76. The van der Waals surface area contributed by atoms with Crippen LogP contribution in [-0.2, 0) is 6.18 Å². The maximum Gasteiger partial charge on any atom is 0.416 e. The number of rotatable bonds is 16. The fraction of sp³-hybridized carbons (Fsp3) is 0.0909. The van der Waals surface area contributed by atoms with E-state index in [-0.39, 0.29) is 81.5 Å². The van der Waals surface area contributed by atoms with Crippen LogP contribution in [0.2, 0.25) is 5.02 Å². The highest BCUT2D eigenvalue weighted by Gasteiger charge is 2.31. The highest BCUT2D eigenvalue weighted by molar-refractivity contribution is 6.30. The molecule has 12 N–H and O–H groups in total. The summed E-state index contributed by atoms with van der Waals surface area (Å²) >= 11 is 5.88. The molecule has 0 saturated carbocycles. The number of nitro benzene ring substituents is 2. The van der Waals surface area contributed by atoms with Gasteiger partial charge in [-0.3, -0.25) is 38.5 Å². The molecular formula is C77H56ClF9N28O5. The number of benzene rings is 8. The summed E-state index contributed by atoms with van der Waals surface area (Å²) in [4.78, 5) is 71.6. The van der Waals surface area contributed by atoms with Crippen LogP contribution >= 0.6 is 11.6 Å². The van der Waals surface area contributed by atoms with Crippen LogP contribution < -0.4 is 48.9 Å². The first-order chi connectivity index (χ1) is 57.2. The molecule has 8 aromatic heterocycles. The molecule has 0 radical (unpaired) electrons. The van der Waals surface area contributed by atoms with Crippen LogP contribution in [0.1, 0.15) is 45.6 Å². The molecule has 43 heteroatoms. The molecule has 0 unspecified atom stereocenters. The smallest absolute Gasteiger partial charge is 0.416 e. The summed E-state index contributed by atoms with van der Waals surface area (Å²) in [6.07, 6.45) is -4.48. The number of nitrogens with zero attached hydrogens (tertiary/aromatic N) is 20. The zero-order valence-electron chi connectivity index (χ0n) is 62.3. The Kier molecular flexibility index (Phi) is 22.8. The lowest BCUT2D eigenvalue weighted by Gasteiger charge is -2.12. The number of halogens is 10. The number of imidazole rings is 4. The second kappa shape index (κ2) is 33.6. The van der Waals surface area contributed by atoms with E-state index in [1.807, 2.05) is 25.1 Å². The number of nitro groups is 2. The number of alkyl halides is 5. The van der Waals surface area contributed by atoms with E-state index >= 15 is 0 Å². The fourth-order valence-electron chi connectivity index (χ4n) is 11.9. The van der Waals surface area contributed by atoms with E-state index < -0.39 is 63.1 Å². The Balaban J connectivity index is 0.000000138. The van der Waals surface area contributed by atoms with E-state index in [9.17, 15) is 59.7 Å². The number of non-ortho nitro benzene ring substituents is 2. The third kappa shape index (κ3) is 17.6. The van der Waals surface area contributed by atoms with Crippen LogP contribution in [0.3, 0.4) is 0 Å². The average Bonchev–Trinajstić information content (AvgIpc) is 1.63. The zero-order chi connectivity index (χ0) is 85.9. The number of hydrogen-bond donors (Lipinski definition) is 8. The first kappa shape index (κ1) is 81.6. The van der Waals surface area contributed by atoms with Crippen molar-refractivity contribution in [3.05, 3.63) is 264 Å². The number of aromatic nitrogens is 16. The number of nitrogens with two attached hydrogens (primary N) is 4. The van der Waals surface area contributed by atoms with Crippen molar-refractivity contribution in [1.29, 1.82) is 10.5 Å². The van der Waals surface area contributed by atoms with Gasteiger partial charge in [0.1, 0.15) is 29.0 Å². The van der Waals surface area contributed by atoms with Crippen molar-refractivity contribution in [3.8, 4) is 41.7 Å². The second-order valence-electron chi connectivity index (χ2n) is 25.6. The van der Waals surface area contributed by atoms with Gasteiger partial charge in [-0.25, -0.2) is 19.9 Å². The minimum absolute atomic E-state index is 0.0121. The Morgan fingerprint density at radius 3 is 1.04 bits per heavy atom. The van der Waals surface area contributed by atoms with Crippen LogP contribution in [0.15, 0.2) is 170 Å². The predicted octanol–water partition coefficient (Wildman–Crippen LogP) is 16.5. The van der Waals surface area contributed by atoms with Gasteiger partial charge in [0, 0.05) is 52.0 Å². The maximum atomic E-state index is 14.6. The first-order valence-corrected chi connectivity index (χ1v) is 35.1. The van der Waals surface area contributed by atoms with Crippen LogP contribution in [-0.4, -0.2) is 94.5 Å². The van der Waals surface area contributed by atoms with Crippen molar-refractivity contribution < 1.29 is 54.1 Å². The summed E-state index contributed by atoms with van der Waals surface area (Å²) in [7, 11) is 0. The third-order valence-electron chi connectivity index (χ3n) is 17.4. The van der Waals surface area contributed by atoms with E-state index in [1.54, 1.807) is 105 Å². The monoisotopic (exact) mass is 1660 g/mol. The van der Waals surface area contributed by atoms with Crippen molar-refractivity contribution >= 4 is 136 Å². The van der Waals surface area contributed by atoms with E-state index in [0.29, 0.717) is 101 Å². The molecule has 16 aromatic rings. The molecule has 8 heterocycles. The van der Waals surface area contributed by atoms with Gasteiger partial charge in [-0.1, -0.05) is 29.3 Å². The number of hydrogen-bond acceptors (Lipinski definition) is 27. The maximum absolute atomic E-state index is 14.6. The minimum atomic E-state index is -4.48. The molecule has 0 fully saturated rings. The van der Waals surface area contributed by atoms with Crippen molar-refractivity contribution in [2.24, 2.45) is 0 Å². The number of nitrogen functional groups attached to an aromatic ring is 4. The highest BCUT2D eigenvalue weighted by Crippen LogP contribution is 2.36. The van der Waals surface area contributed by atoms with Gasteiger partial charge in [-0.15, -0.1) is 0 Å². The normalized spacial score (nSPS) is 11.1. The molecule has 0 aliphatic rings. The van der Waals surface area contributed by atoms with Gasteiger partial charge in [0.25, 0.3) is 11.4 Å². The minimum Gasteiger partial charge on any atom is -0.435 e. The van der Waals surface area contributed by atoms with Crippen LogP contribution in [0.5, 0.6) is 5.75 Å². The molecule has 0 saturated heterocycles. The number of nitrogens with one attached hydrogen (secondary N) is 4. The third-order valence-corrected chi connectivity index (χ3v) is 17.7. The summed E-state index contributed by atoms with van der Waals surface area (Å²) in [5, 5.41) is 52.1. The Morgan fingerprint density at radius 2 is 0.725 bits per heavy atom. The Morgan fingerprint density at radius 1 is 0.417 bits per heavy atom.